The Labute approximate surface area is 141 Å². The van der Waals surface area contributed by atoms with Crippen LogP contribution in [0.3, 0.4) is 0 Å². The molecular weight excluding hydrogens is 304 g/mol. The number of carbonyl (C=O) groups excluding carboxylic acids is 1. The number of hydrogen-bond donors (Lipinski definition) is 0. The van der Waals surface area contributed by atoms with E-state index in [1.54, 1.807) is 0 Å². The van der Waals surface area contributed by atoms with E-state index in [1.807, 2.05) is 40.9 Å². The van der Waals surface area contributed by atoms with Crippen LogP contribution in [-0.2, 0) is 6.54 Å². The van der Waals surface area contributed by atoms with Crippen molar-refractivity contribution in [1.29, 1.82) is 0 Å². The van der Waals surface area contributed by atoms with E-state index in [1.165, 1.54) is 12.8 Å². The van der Waals surface area contributed by atoms with Gasteiger partial charge < -0.3 is 9.80 Å². The van der Waals surface area contributed by atoms with Gasteiger partial charge in [-0.15, -0.1) is 0 Å². The summed E-state index contributed by atoms with van der Waals surface area (Å²) in [4.78, 5) is 16.5. The van der Waals surface area contributed by atoms with Crippen molar-refractivity contribution in [3.05, 3.63) is 35.4 Å². The highest BCUT2D eigenvalue weighted by Gasteiger charge is 2.29. The fourth-order valence-corrected chi connectivity index (χ4v) is 3.21. The predicted molar refractivity (Wildman–Crippen MR) is 89.9 cm³/mol. The van der Waals surface area contributed by atoms with Crippen LogP contribution in [0.1, 0.15) is 41.6 Å². The van der Waals surface area contributed by atoms with E-state index in [0.29, 0.717) is 12.6 Å². The Balaban J connectivity index is 1.46. The Bertz CT molecular complexity index is 715. The monoisotopic (exact) mass is 326 g/mol. The van der Waals surface area contributed by atoms with Crippen molar-refractivity contribution in [1.82, 2.24) is 25.1 Å². The molecule has 2 aromatic rings. The summed E-state index contributed by atoms with van der Waals surface area (Å²) >= 11 is 0. The topological polar surface area (TPSA) is 67.2 Å². The molecule has 7 heteroatoms. The van der Waals surface area contributed by atoms with Crippen LogP contribution >= 0.6 is 0 Å². The zero-order valence-corrected chi connectivity index (χ0v) is 13.9. The van der Waals surface area contributed by atoms with E-state index in [9.17, 15) is 4.79 Å². The van der Waals surface area contributed by atoms with Gasteiger partial charge in [-0.2, -0.15) is 0 Å². The van der Waals surface area contributed by atoms with Crippen LogP contribution in [0.4, 0.5) is 5.95 Å². The van der Waals surface area contributed by atoms with Gasteiger partial charge in [-0.05, 0) is 53.8 Å². The third-order valence-electron chi connectivity index (χ3n) is 4.85. The average Bonchev–Trinajstić information content (AvgIpc) is 3.11. The molecule has 1 saturated carbocycles. The van der Waals surface area contributed by atoms with Crippen LogP contribution in [0.15, 0.2) is 24.3 Å². The summed E-state index contributed by atoms with van der Waals surface area (Å²) in [5.41, 5.74) is 1.85. The lowest BCUT2D eigenvalue weighted by Gasteiger charge is -2.17. The summed E-state index contributed by atoms with van der Waals surface area (Å²) in [5, 5.41) is 12.0. The minimum absolute atomic E-state index is 0.135. The highest BCUT2D eigenvalue weighted by molar-refractivity contribution is 5.94. The first-order valence-corrected chi connectivity index (χ1v) is 8.59. The first-order valence-electron chi connectivity index (χ1n) is 8.59. The first kappa shape index (κ1) is 15.1. The van der Waals surface area contributed by atoms with Gasteiger partial charge in [0.15, 0.2) is 0 Å². The summed E-state index contributed by atoms with van der Waals surface area (Å²) in [6.07, 6.45) is 4.63. The number of likely N-dealkylation sites (tertiary alicyclic amines) is 1. The second kappa shape index (κ2) is 6.22. The largest absolute Gasteiger partial charge is 0.340 e. The summed E-state index contributed by atoms with van der Waals surface area (Å²) in [5.74, 6) is 0.936. The number of nitrogens with zero attached hydrogens (tertiary/aromatic N) is 6. The molecule has 0 N–H and O–H groups in total. The molecule has 2 heterocycles. The molecule has 0 spiro atoms. The van der Waals surface area contributed by atoms with Gasteiger partial charge in [-0.1, -0.05) is 17.2 Å². The van der Waals surface area contributed by atoms with Gasteiger partial charge in [0.25, 0.3) is 5.91 Å². The van der Waals surface area contributed by atoms with Crippen LogP contribution in [0.2, 0.25) is 0 Å². The normalized spacial score (nSPS) is 17.3. The van der Waals surface area contributed by atoms with Gasteiger partial charge >= 0.3 is 0 Å². The molecule has 1 saturated heterocycles. The summed E-state index contributed by atoms with van der Waals surface area (Å²) in [6, 6.07) is 8.36. The second-order valence-corrected chi connectivity index (χ2v) is 6.67. The van der Waals surface area contributed by atoms with Crippen molar-refractivity contribution in [2.24, 2.45) is 0 Å². The molecule has 0 atom stereocenters. The van der Waals surface area contributed by atoms with Crippen molar-refractivity contribution in [2.75, 3.05) is 25.0 Å². The van der Waals surface area contributed by atoms with E-state index in [4.69, 9.17) is 0 Å². The molecular formula is C17H22N6O. The molecule has 1 aromatic carbocycles. The van der Waals surface area contributed by atoms with Crippen LogP contribution in [0.25, 0.3) is 0 Å². The van der Waals surface area contributed by atoms with Crippen LogP contribution < -0.4 is 4.90 Å². The van der Waals surface area contributed by atoms with Gasteiger partial charge in [-0.3, -0.25) is 4.79 Å². The van der Waals surface area contributed by atoms with Crippen molar-refractivity contribution in [3.8, 4) is 0 Å². The van der Waals surface area contributed by atoms with E-state index in [-0.39, 0.29) is 5.91 Å². The van der Waals surface area contributed by atoms with Gasteiger partial charge in [-0.25, -0.2) is 4.68 Å². The quantitative estimate of drug-likeness (QED) is 0.834. The maximum absolute atomic E-state index is 12.4. The number of aromatic nitrogens is 4. The van der Waals surface area contributed by atoms with Crippen molar-refractivity contribution >= 4 is 11.9 Å². The Kier molecular flexibility index (Phi) is 3.92. The van der Waals surface area contributed by atoms with Gasteiger partial charge in [0.05, 0.1) is 6.54 Å². The zero-order chi connectivity index (χ0) is 16.5. The number of amides is 1. The lowest BCUT2D eigenvalue weighted by atomic mass is 10.1. The number of rotatable bonds is 5. The van der Waals surface area contributed by atoms with Crippen molar-refractivity contribution in [3.63, 3.8) is 0 Å². The minimum atomic E-state index is 0.135. The molecule has 2 aliphatic rings. The van der Waals surface area contributed by atoms with Gasteiger partial charge in [0, 0.05) is 31.7 Å². The number of tetrazole rings is 1. The Morgan fingerprint density at radius 1 is 1.21 bits per heavy atom. The van der Waals surface area contributed by atoms with E-state index in [2.05, 4.69) is 20.4 Å². The molecule has 1 aliphatic heterocycles. The van der Waals surface area contributed by atoms with Crippen molar-refractivity contribution < 1.29 is 4.79 Å². The Hall–Kier alpha value is -2.44. The molecule has 0 bridgehead atoms. The molecule has 126 valence electrons. The molecule has 2 fully saturated rings. The van der Waals surface area contributed by atoms with Crippen molar-refractivity contribution in [2.45, 2.75) is 38.3 Å². The smallest absolute Gasteiger partial charge is 0.253 e. The molecule has 1 aliphatic carbocycles. The van der Waals surface area contributed by atoms with Crippen LogP contribution in [0, 0.1) is 0 Å². The number of anilines is 1. The third-order valence-corrected chi connectivity index (χ3v) is 4.85. The fraction of sp³-hybridized carbons (Fsp3) is 0.529. The average molecular weight is 326 g/mol. The minimum Gasteiger partial charge on any atom is -0.340 e. The lowest BCUT2D eigenvalue weighted by Crippen LogP contribution is -2.27. The fourth-order valence-electron chi connectivity index (χ4n) is 3.21. The van der Waals surface area contributed by atoms with E-state index >= 15 is 0 Å². The van der Waals surface area contributed by atoms with Gasteiger partial charge in [0.1, 0.15) is 0 Å². The molecule has 1 aromatic heterocycles. The maximum Gasteiger partial charge on any atom is 0.253 e. The number of benzene rings is 1. The third kappa shape index (κ3) is 2.98. The van der Waals surface area contributed by atoms with Crippen LogP contribution in [0.5, 0.6) is 0 Å². The summed E-state index contributed by atoms with van der Waals surface area (Å²) in [7, 11) is 2.04. The Morgan fingerprint density at radius 2 is 1.92 bits per heavy atom. The standard InChI is InChI=1S/C17H22N6O/c1-21(15-8-9-15)17-18-19-20-23(17)12-13-4-6-14(7-5-13)16(24)22-10-2-3-11-22/h4-7,15H,2-3,8-12H2,1H3. The number of carbonyl (C=O) groups is 1. The lowest BCUT2D eigenvalue weighted by molar-refractivity contribution is 0.0793. The highest BCUT2D eigenvalue weighted by atomic mass is 16.2. The predicted octanol–water partition coefficient (Wildman–Crippen LogP) is 1.56. The molecule has 0 radical (unpaired) electrons. The highest BCUT2D eigenvalue weighted by Crippen LogP contribution is 2.28. The second-order valence-electron chi connectivity index (χ2n) is 6.67. The SMILES string of the molecule is CN(c1nnnn1Cc1ccc(C(=O)N2CCCC2)cc1)C1CC1. The molecule has 1 amide bonds. The summed E-state index contributed by atoms with van der Waals surface area (Å²) < 4.78 is 1.82. The van der Waals surface area contributed by atoms with Crippen LogP contribution in [-0.4, -0.2) is 57.2 Å². The Morgan fingerprint density at radius 3 is 2.58 bits per heavy atom. The molecule has 0 unspecified atom stereocenters. The molecule has 4 rings (SSSR count). The maximum atomic E-state index is 12.4. The molecule has 7 nitrogen and oxygen atoms in total. The zero-order valence-electron chi connectivity index (χ0n) is 13.9. The van der Waals surface area contributed by atoms with E-state index < -0.39 is 0 Å². The summed E-state index contributed by atoms with van der Waals surface area (Å²) in [6.45, 7) is 2.36. The first-order chi connectivity index (χ1) is 11.7. The number of hydrogen-bond acceptors (Lipinski definition) is 5. The molecule has 24 heavy (non-hydrogen) atoms. The van der Waals surface area contributed by atoms with E-state index in [0.717, 1.165) is 43.0 Å². The van der Waals surface area contributed by atoms with Gasteiger partial charge in [0.2, 0.25) is 5.95 Å².